The Hall–Kier alpha value is -2.64. The normalized spacial score (nSPS) is 12.3. The number of aliphatic imine (C=N–C) groups is 1. The van der Waals surface area contributed by atoms with Crippen LogP contribution in [0.4, 0.5) is 5.82 Å². The Morgan fingerprint density at radius 2 is 2.35 bits per heavy atom. The molecule has 0 bridgehead atoms. The zero-order chi connectivity index (χ0) is 12.8. The van der Waals surface area contributed by atoms with Gasteiger partial charge in [0, 0.05) is 12.3 Å². The average molecular weight is 235 g/mol. The van der Waals surface area contributed by atoms with Crippen LogP contribution in [0.5, 0.6) is 0 Å². The highest BCUT2D eigenvalue weighted by Crippen LogP contribution is 2.06. The number of hydrogen-bond acceptors (Lipinski definition) is 7. The summed E-state index contributed by atoms with van der Waals surface area (Å²) in [6.07, 6.45) is 2.76. The third-order valence-corrected chi connectivity index (χ3v) is 1.68. The first-order valence-electron chi connectivity index (χ1n) is 4.47. The van der Waals surface area contributed by atoms with Crippen molar-refractivity contribution < 1.29 is 9.72 Å². The summed E-state index contributed by atoms with van der Waals surface area (Å²) in [5.74, 6) is 0.0958. The number of nitro groups is 1. The molecule has 8 nitrogen and oxygen atoms in total. The first-order chi connectivity index (χ1) is 8.04. The van der Waals surface area contributed by atoms with Gasteiger partial charge in [-0.15, -0.1) is 0 Å². The monoisotopic (exact) mass is 235 g/mol. The number of rotatable bonds is 4. The second kappa shape index (κ2) is 5.45. The summed E-state index contributed by atoms with van der Waals surface area (Å²) in [5, 5.41) is 10.6. The Labute approximate surface area is 96.1 Å². The summed E-state index contributed by atoms with van der Waals surface area (Å²) in [7, 11) is 0. The largest absolute Gasteiger partial charge is 0.397 e. The van der Waals surface area contributed by atoms with Crippen LogP contribution in [0.1, 0.15) is 17.5 Å². The van der Waals surface area contributed by atoms with Gasteiger partial charge >= 0.3 is 5.70 Å². The van der Waals surface area contributed by atoms with Crippen molar-refractivity contribution >= 4 is 18.3 Å². The standard InChI is InChI=1S/C9H9N5O3/c1-6(10)7(14(16)17)4-12-8-2-3-11-9(5-15)13-8/h2-5H,10H2,1H3/b7-6+,12-4?. The number of allylic oxidation sites excluding steroid dienone is 2. The van der Waals surface area contributed by atoms with E-state index >= 15 is 0 Å². The number of nitrogens with two attached hydrogens (primary N) is 1. The molecule has 0 radical (unpaired) electrons. The number of carbonyl (C=O) groups is 1. The summed E-state index contributed by atoms with van der Waals surface area (Å²) >= 11 is 0. The minimum atomic E-state index is -0.652. The Morgan fingerprint density at radius 1 is 1.65 bits per heavy atom. The Morgan fingerprint density at radius 3 is 2.88 bits per heavy atom. The Bertz CT molecular complexity index is 505. The molecule has 0 saturated carbocycles. The molecule has 0 aromatic carbocycles. The summed E-state index contributed by atoms with van der Waals surface area (Å²) in [4.78, 5) is 31.4. The van der Waals surface area contributed by atoms with Crippen LogP contribution in [0.3, 0.4) is 0 Å². The minimum absolute atomic E-state index is 0.0309. The first kappa shape index (κ1) is 12.4. The molecule has 1 heterocycles. The number of nitrogens with zero attached hydrogens (tertiary/aromatic N) is 4. The van der Waals surface area contributed by atoms with Crippen LogP contribution in [0.25, 0.3) is 0 Å². The third kappa shape index (κ3) is 3.45. The predicted molar refractivity (Wildman–Crippen MR) is 59.5 cm³/mol. The van der Waals surface area contributed by atoms with E-state index in [1.807, 2.05) is 0 Å². The van der Waals surface area contributed by atoms with E-state index in [4.69, 9.17) is 5.73 Å². The smallest absolute Gasteiger partial charge is 0.305 e. The van der Waals surface area contributed by atoms with Gasteiger partial charge in [0.1, 0.15) is 6.21 Å². The molecule has 1 aromatic rings. The van der Waals surface area contributed by atoms with Crippen molar-refractivity contribution in [3.63, 3.8) is 0 Å². The highest BCUT2D eigenvalue weighted by Gasteiger charge is 2.10. The second-order valence-corrected chi connectivity index (χ2v) is 2.97. The first-order valence-corrected chi connectivity index (χ1v) is 4.47. The number of hydrogen-bond donors (Lipinski definition) is 1. The van der Waals surface area contributed by atoms with Crippen LogP contribution in [0, 0.1) is 10.1 Å². The van der Waals surface area contributed by atoms with Crippen LogP contribution in [-0.2, 0) is 0 Å². The molecule has 0 atom stereocenters. The van der Waals surface area contributed by atoms with E-state index in [9.17, 15) is 14.9 Å². The maximum absolute atomic E-state index is 10.6. The summed E-state index contributed by atoms with van der Waals surface area (Å²) in [6.45, 7) is 1.39. The van der Waals surface area contributed by atoms with Gasteiger partial charge in [-0.25, -0.2) is 15.0 Å². The molecule has 0 fully saturated rings. The topological polar surface area (TPSA) is 124 Å². The molecule has 0 aliphatic carbocycles. The van der Waals surface area contributed by atoms with E-state index in [2.05, 4.69) is 15.0 Å². The number of aldehydes is 1. The van der Waals surface area contributed by atoms with E-state index in [0.29, 0.717) is 6.29 Å². The van der Waals surface area contributed by atoms with Crippen LogP contribution < -0.4 is 5.73 Å². The van der Waals surface area contributed by atoms with Crippen molar-refractivity contribution in [1.29, 1.82) is 0 Å². The van der Waals surface area contributed by atoms with Gasteiger partial charge in [-0.1, -0.05) is 0 Å². The van der Waals surface area contributed by atoms with Crippen LogP contribution in [-0.4, -0.2) is 27.4 Å². The van der Waals surface area contributed by atoms with Crippen molar-refractivity contribution in [1.82, 2.24) is 9.97 Å². The molecular weight excluding hydrogens is 226 g/mol. The number of carbonyl (C=O) groups excluding carboxylic acids is 1. The van der Waals surface area contributed by atoms with Crippen LogP contribution >= 0.6 is 0 Å². The fraction of sp³-hybridized carbons (Fsp3) is 0.111. The lowest BCUT2D eigenvalue weighted by molar-refractivity contribution is -0.415. The van der Waals surface area contributed by atoms with Gasteiger partial charge in [-0.3, -0.25) is 14.9 Å². The highest BCUT2D eigenvalue weighted by atomic mass is 16.6. The highest BCUT2D eigenvalue weighted by molar-refractivity contribution is 5.78. The van der Waals surface area contributed by atoms with Gasteiger partial charge in [0.2, 0.25) is 0 Å². The fourth-order valence-electron chi connectivity index (χ4n) is 0.913. The molecule has 0 saturated heterocycles. The van der Waals surface area contributed by atoms with Gasteiger partial charge in [0.15, 0.2) is 17.9 Å². The minimum Gasteiger partial charge on any atom is -0.397 e. The summed E-state index contributed by atoms with van der Waals surface area (Å²) in [5.41, 5.74) is 5.02. The molecule has 0 aliphatic rings. The van der Waals surface area contributed by atoms with Crippen molar-refractivity contribution in [3.8, 4) is 0 Å². The third-order valence-electron chi connectivity index (χ3n) is 1.68. The fourth-order valence-corrected chi connectivity index (χ4v) is 0.913. The molecule has 0 amide bonds. The quantitative estimate of drug-likeness (QED) is 0.349. The van der Waals surface area contributed by atoms with Gasteiger partial charge in [0.25, 0.3) is 0 Å². The lowest BCUT2D eigenvalue weighted by Gasteiger charge is -1.94. The summed E-state index contributed by atoms with van der Waals surface area (Å²) in [6, 6.07) is 1.41. The predicted octanol–water partition coefficient (Wildman–Crippen LogP) is 0.458. The van der Waals surface area contributed by atoms with Crippen molar-refractivity contribution in [3.05, 3.63) is 39.6 Å². The van der Waals surface area contributed by atoms with Crippen molar-refractivity contribution in [2.24, 2.45) is 10.7 Å². The summed E-state index contributed by atoms with van der Waals surface area (Å²) < 4.78 is 0. The second-order valence-electron chi connectivity index (χ2n) is 2.97. The molecule has 0 unspecified atom stereocenters. The maximum atomic E-state index is 10.6. The number of aromatic nitrogens is 2. The molecule has 0 spiro atoms. The Balaban J connectivity index is 3.00. The van der Waals surface area contributed by atoms with Gasteiger partial charge in [-0.2, -0.15) is 0 Å². The van der Waals surface area contributed by atoms with Gasteiger partial charge < -0.3 is 5.73 Å². The molecule has 1 aromatic heterocycles. The molecule has 2 N–H and O–H groups in total. The van der Waals surface area contributed by atoms with E-state index < -0.39 is 4.92 Å². The zero-order valence-corrected chi connectivity index (χ0v) is 8.90. The molecular formula is C9H9N5O3. The lowest BCUT2D eigenvalue weighted by Crippen LogP contribution is -2.08. The Kier molecular flexibility index (Phi) is 3.98. The van der Waals surface area contributed by atoms with E-state index in [0.717, 1.165) is 6.21 Å². The van der Waals surface area contributed by atoms with Crippen LogP contribution in [0.2, 0.25) is 0 Å². The van der Waals surface area contributed by atoms with E-state index in [1.165, 1.54) is 19.2 Å². The lowest BCUT2D eigenvalue weighted by atomic mass is 10.4. The molecule has 17 heavy (non-hydrogen) atoms. The van der Waals surface area contributed by atoms with E-state index in [1.54, 1.807) is 0 Å². The zero-order valence-electron chi connectivity index (χ0n) is 8.90. The van der Waals surface area contributed by atoms with E-state index in [-0.39, 0.29) is 23.0 Å². The molecule has 88 valence electrons. The van der Waals surface area contributed by atoms with Gasteiger partial charge in [-0.05, 0) is 6.92 Å². The average Bonchev–Trinajstić information content (AvgIpc) is 2.28. The SMILES string of the molecule is C/C(N)=C(/C=Nc1ccnc(C=O)n1)[N+](=O)[O-]. The molecule has 1 rings (SSSR count). The van der Waals surface area contributed by atoms with Crippen molar-refractivity contribution in [2.75, 3.05) is 0 Å². The molecule has 0 aliphatic heterocycles. The maximum Gasteiger partial charge on any atom is 0.305 e. The van der Waals surface area contributed by atoms with Crippen LogP contribution in [0.15, 0.2) is 28.6 Å². The van der Waals surface area contributed by atoms with Gasteiger partial charge in [0.05, 0.1) is 10.6 Å². The molecule has 8 heteroatoms. The van der Waals surface area contributed by atoms with Crippen molar-refractivity contribution in [2.45, 2.75) is 6.92 Å².